The van der Waals surface area contributed by atoms with Gasteiger partial charge in [-0.25, -0.2) is 4.79 Å². The van der Waals surface area contributed by atoms with Crippen LogP contribution in [0.5, 0.6) is 0 Å². The molecule has 0 aliphatic rings. The predicted molar refractivity (Wildman–Crippen MR) is 79.2 cm³/mol. The number of rotatable bonds is 6. The topological polar surface area (TPSA) is 69.6 Å². The van der Waals surface area contributed by atoms with E-state index in [9.17, 15) is 9.59 Å². The second-order valence-corrected chi connectivity index (χ2v) is 4.93. The first-order chi connectivity index (χ1) is 9.41. The van der Waals surface area contributed by atoms with Crippen molar-refractivity contribution >= 4 is 17.7 Å². The number of amides is 2. The van der Waals surface area contributed by atoms with E-state index in [4.69, 9.17) is 5.11 Å². The van der Waals surface area contributed by atoms with Gasteiger partial charge in [-0.15, -0.1) is 0 Å². The number of hydrogen-bond donors (Lipinski definition) is 2. The average molecular weight is 278 g/mol. The van der Waals surface area contributed by atoms with Crippen LogP contribution in [0.25, 0.3) is 0 Å². The van der Waals surface area contributed by atoms with Crippen LogP contribution in [0.1, 0.15) is 30.4 Å². The summed E-state index contributed by atoms with van der Waals surface area (Å²) < 4.78 is 0. The molecule has 0 saturated carbocycles. The van der Waals surface area contributed by atoms with E-state index in [0.29, 0.717) is 19.4 Å². The summed E-state index contributed by atoms with van der Waals surface area (Å²) in [5.41, 5.74) is 3.08. The molecule has 1 aromatic carbocycles. The maximum atomic E-state index is 12.0. The SMILES string of the molecule is Cc1ccc(N(C)C(=O)NCCCCC(=O)O)c(C)c1. The molecule has 1 aromatic rings. The van der Waals surface area contributed by atoms with Gasteiger partial charge < -0.3 is 10.4 Å². The molecule has 0 heterocycles. The van der Waals surface area contributed by atoms with Crippen LogP contribution in [0.3, 0.4) is 0 Å². The van der Waals surface area contributed by atoms with E-state index >= 15 is 0 Å². The molecule has 20 heavy (non-hydrogen) atoms. The molecule has 0 spiro atoms. The van der Waals surface area contributed by atoms with Crippen LogP contribution in [0, 0.1) is 13.8 Å². The summed E-state index contributed by atoms with van der Waals surface area (Å²) >= 11 is 0. The number of urea groups is 1. The molecule has 2 amide bonds. The number of carbonyl (C=O) groups is 2. The molecular formula is C15H22N2O3. The van der Waals surface area contributed by atoms with Crippen LogP contribution in [-0.2, 0) is 4.79 Å². The van der Waals surface area contributed by atoms with Gasteiger partial charge in [-0.1, -0.05) is 17.7 Å². The Morgan fingerprint density at radius 3 is 2.55 bits per heavy atom. The Hall–Kier alpha value is -2.04. The summed E-state index contributed by atoms with van der Waals surface area (Å²) in [4.78, 5) is 23.9. The van der Waals surface area contributed by atoms with Crippen LogP contribution in [0.15, 0.2) is 18.2 Å². The van der Waals surface area contributed by atoms with E-state index in [1.807, 2.05) is 32.0 Å². The van der Waals surface area contributed by atoms with E-state index in [2.05, 4.69) is 5.32 Å². The highest BCUT2D eigenvalue weighted by Crippen LogP contribution is 2.19. The number of carboxylic acid groups (broad SMARTS) is 1. The van der Waals surface area contributed by atoms with Crippen molar-refractivity contribution in [2.24, 2.45) is 0 Å². The molecule has 5 nitrogen and oxygen atoms in total. The number of hydrogen-bond acceptors (Lipinski definition) is 2. The van der Waals surface area contributed by atoms with Crippen molar-refractivity contribution in [2.45, 2.75) is 33.1 Å². The summed E-state index contributed by atoms with van der Waals surface area (Å²) in [6, 6.07) is 5.76. The van der Waals surface area contributed by atoms with Gasteiger partial charge in [0.15, 0.2) is 0 Å². The minimum absolute atomic E-state index is 0.142. The Balaban J connectivity index is 2.44. The smallest absolute Gasteiger partial charge is 0.321 e. The molecule has 110 valence electrons. The maximum absolute atomic E-state index is 12.0. The van der Waals surface area contributed by atoms with Gasteiger partial charge in [0.05, 0.1) is 0 Å². The fraction of sp³-hybridized carbons (Fsp3) is 0.467. The third-order valence-electron chi connectivity index (χ3n) is 3.11. The molecule has 0 fully saturated rings. The molecule has 0 radical (unpaired) electrons. The minimum Gasteiger partial charge on any atom is -0.481 e. The number of carboxylic acids is 1. The molecule has 0 saturated heterocycles. The third-order valence-corrected chi connectivity index (χ3v) is 3.11. The highest BCUT2D eigenvalue weighted by Gasteiger charge is 2.12. The lowest BCUT2D eigenvalue weighted by Crippen LogP contribution is -2.38. The number of benzene rings is 1. The lowest BCUT2D eigenvalue weighted by Gasteiger charge is -2.20. The molecule has 0 atom stereocenters. The number of carbonyl (C=O) groups excluding carboxylic acids is 1. The Kier molecular flexibility index (Phi) is 6.03. The highest BCUT2D eigenvalue weighted by molar-refractivity contribution is 5.92. The first kappa shape index (κ1) is 16.0. The summed E-state index contributed by atoms with van der Waals surface area (Å²) in [6.07, 6.45) is 1.38. The first-order valence-electron chi connectivity index (χ1n) is 6.72. The fourth-order valence-electron chi connectivity index (χ4n) is 2.01. The maximum Gasteiger partial charge on any atom is 0.321 e. The second-order valence-electron chi connectivity index (χ2n) is 4.93. The van der Waals surface area contributed by atoms with Crippen LogP contribution in [0.2, 0.25) is 0 Å². The fourth-order valence-corrected chi connectivity index (χ4v) is 2.01. The van der Waals surface area contributed by atoms with Gasteiger partial charge >= 0.3 is 12.0 Å². The quantitative estimate of drug-likeness (QED) is 0.786. The molecule has 1 rings (SSSR count). The first-order valence-corrected chi connectivity index (χ1v) is 6.72. The monoisotopic (exact) mass is 278 g/mol. The van der Waals surface area contributed by atoms with Crippen molar-refractivity contribution in [1.82, 2.24) is 5.32 Å². The summed E-state index contributed by atoms with van der Waals surface area (Å²) in [6.45, 7) is 4.47. The van der Waals surface area contributed by atoms with Gasteiger partial charge in [-0.2, -0.15) is 0 Å². The highest BCUT2D eigenvalue weighted by atomic mass is 16.4. The molecule has 0 bridgehead atoms. The van der Waals surface area contributed by atoms with E-state index < -0.39 is 5.97 Å². The van der Waals surface area contributed by atoms with Gasteiger partial charge in [0.1, 0.15) is 0 Å². The van der Waals surface area contributed by atoms with Gasteiger partial charge in [-0.05, 0) is 38.3 Å². The summed E-state index contributed by atoms with van der Waals surface area (Å²) in [5, 5.41) is 11.3. The second kappa shape index (κ2) is 7.53. The van der Waals surface area contributed by atoms with Crippen molar-refractivity contribution < 1.29 is 14.7 Å². The lowest BCUT2D eigenvalue weighted by molar-refractivity contribution is -0.137. The standard InChI is InChI=1S/C15H22N2O3/c1-11-7-8-13(12(2)10-11)17(3)15(20)16-9-5-4-6-14(18)19/h7-8,10H,4-6,9H2,1-3H3,(H,16,20)(H,18,19). The number of aliphatic carboxylic acids is 1. The Labute approximate surface area is 119 Å². The van der Waals surface area contributed by atoms with Gasteiger partial charge in [-0.3, -0.25) is 9.69 Å². The van der Waals surface area contributed by atoms with Crippen molar-refractivity contribution in [3.05, 3.63) is 29.3 Å². The van der Waals surface area contributed by atoms with E-state index in [1.165, 1.54) is 0 Å². The Morgan fingerprint density at radius 2 is 1.95 bits per heavy atom. The average Bonchev–Trinajstić information content (AvgIpc) is 2.37. The molecule has 0 aromatic heterocycles. The molecule has 5 heteroatoms. The van der Waals surface area contributed by atoms with Crippen molar-refractivity contribution in [2.75, 3.05) is 18.5 Å². The zero-order chi connectivity index (χ0) is 15.1. The summed E-state index contributed by atoms with van der Waals surface area (Å²) in [5.74, 6) is -0.802. The molecular weight excluding hydrogens is 256 g/mol. The van der Waals surface area contributed by atoms with Gasteiger partial charge in [0.2, 0.25) is 0 Å². The Morgan fingerprint density at radius 1 is 1.25 bits per heavy atom. The molecule has 0 unspecified atom stereocenters. The normalized spacial score (nSPS) is 10.2. The molecule has 2 N–H and O–H groups in total. The van der Waals surface area contributed by atoms with Crippen LogP contribution in [-0.4, -0.2) is 30.7 Å². The minimum atomic E-state index is -0.802. The zero-order valence-corrected chi connectivity index (χ0v) is 12.3. The number of unbranched alkanes of at least 4 members (excludes halogenated alkanes) is 1. The zero-order valence-electron chi connectivity index (χ0n) is 12.3. The molecule has 0 aliphatic carbocycles. The van der Waals surface area contributed by atoms with Crippen LogP contribution in [0.4, 0.5) is 10.5 Å². The number of anilines is 1. The van der Waals surface area contributed by atoms with Crippen LogP contribution >= 0.6 is 0 Å². The largest absolute Gasteiger partial charge is 0.481 e. The number of nitrogens with zero attached hydrogens (tertiary/aromatic N) is 1. The predicted octanol–water partition coefficient (Wildman–Crippen LogP) is 2.70. The van der Waals surface area contributed by atoms with Crippen LogP contribution < -0.4 is 10.2 Å². The van der Waals surface area contributed by atoms with Crippen molar-refractivity contribution in [1.29, 1.82) is 0 Å². The summed E-state index contributed by atoms with van der Waals surface area (Å²) in [7, 11) is 1.73. The Bertz CT molecular complexity index is 486. The van der Waals surface area contributed by atoms with E-state index in [0.717, 1.165) is 16.8 Å². The van der Waals surface area contributed by atoms with Crippen molar-refractivity contribution in [3.63, 3.8) is 0 Å². The molecule has 0 aliphatic heterocycles. The van der Waals surface area contributed by atoms with Gasteiger partial charge in [0, 0.05) is 25.7 Å². The number of nitrogens with one attached hydrogen (secondary N) is 1. The van der Waals surface area contributed by atoms with Crippen molar-refractivity contribution in [3.8, 4) is 0 Å². The number of aryl methyl sites for hydroxylation is 2. The van der Waals surface area contributed by atoms with Gasteiger partial charge in [0.25, 0.3) is 0 Å². The lowest BCUT2D eigenvalue weighted by atomic mass is 10.1. The third kappa shape index (κ3) is 4.91. The van der Waals surface area contributed by atoms with E-state index in [1.54, 1.807) is 11.9 Å². The van der Waals surface area contributed by atoms with E-state index in [-0.39, 0.29) is 12.5 Å².